The molecule has 1 heteroatoms. The van der Waals surface area contributed by atoms with Gasteiger partial charge in [-0.1, -0.05) is 86.7 Å². The highest BCUT2D eigenvalue weighted by molar-refractivity contribution is 5.86. The highest BCUT2D eigenvalue weighted by Crippen LogP contribution is 2.50. The van der Waals surface area contributed by atoms with Crippen LogP contribution in [0.3, 0.4) is 0 Å². The van der Waals surface area contributed by atoms with Crippen molar-refractivity contribution < 1.29 is 0 Å². The van der Waals surface area contributed by atoms with Crippen LogP contribution in [0, 0.1) is 0 Å². The summed E-state index contributed by atoms with van der Waals surface area (Å²) in [6.07, 6.45) is 4.28. The summed E-state index contributed by atoms with van der Waals surface area (Å²) >= 11 is 0. The third-order valence-corrected chi connectivity index (χ3v) is 6.33. The molecule has 0 N–H and O–H groups in total. The van der Waals surface area contributed by atoms with Crippen molar-refractivity contribution in [3.05, 3.63) is 120 Å². The second-order valence-corrected chi connectivity index (χ2v) is 8.67. The minimum atomic E-state index is -0.0443. The van der Waals surface area contributed by atoms with E-state index in [-0.39, 0.29) is 5.41 Å². The van der Waals surface area contributed by atoms with Gasteiger partial charge in [0.05, 0.1) is 0 Å². The minimum Gasteiger partial charge on any atom is -0.310 e. The fourth-order valence-corrected chi connectivity index (χ4v) is 4.78. The fourth-order valence-electron chi connectivity index (χ4n) is 4.78. The molecule has 0 amide bonds. The average molecular weight is 402 g/mol. The first-order valence-corrected chi connectivity index (χ1v) is 10.9. The highest BCUT2D eigenvalue weighted by Gasteiger charge is 2.36. The first kappa shape index (κ1) is 19.4. The zero-order chi connectivity index (χ0) is 21.4. The van der Waals surface area contributed by atoms with Gasteiger partial charge in [0.1, 0.15) is 0 Å². The second-order valence-electron chi connectivity index (χ2n) is 8.67. The van der Waals surface area contributed by atoms with E-state index in [1.54, 1.807) is 0 Å². The Bertz CT molecular complexity index is 1210. The quantitative estimate of drug-likeness (QED) is 0.331. The second kappa shape index (κ2) is 7.59. The van der Waals surface area contributed by atoms with Crippen molar-refractivity contribution in [1.29, 1.82) is 0 Å². The number of anilines is 3. The molecule has 0 radical (unpaired) electrons. The predicted octanol–water partition coefficient (Wildman–Crippen LogP) is 8.50. The van der Waals surface area contributed by atoms with E-state index < -0.39 is 0 Å². The molecule has 0 saturated carbocycles. The Labute approximate surface area is 185 Å². The molecule has 0 spiro atoms. The summed E-state index contributed by atoms with van der Waals surface area (Å²) in [7, 11) is 0. The lowest BCUT2D eigenvalue weighted by atomic mass is 9.81. The van der Waals surface area contributed by atoms with Crippen LogP contribution in [0.25, 0.3) is 17.2 Å². The van der Waals surface area contributed by atoms with E-state index in [4.69, 9.17) is 0 Å². The molecule has 31 heavy (non-hydrogen) atoms. The molecule has 0 bridgehead atoms. The van der Waals surface area contributed by atoms with Gasteiger partial charge in [-0.2, -0.15) is 0 Å². The maximum Gasteiger partial charge on any atom is 0.0465 e. The van der Waals surface area contributed by atoms with Crippen LogP contribution in [0.4, 0.5) is 17.1 Å². The average Bonchev–Trinajstić information content (AvgIpc) is 3.02. The molecule has 152 valence electrons. The number of benzene rings is 4. The molecule has 1 aliphatic carbocycles. The Balaban J connectivity index is 1.67. The Morgan fingerprint density at radius 1 is 0.613 bits per heavy atom. The molecule has 5 rings (SSSR count). The first-order valence-electron chi connectivity index (χ1n) is 10.9. The van der Waals surface area contributed by atoms with Gasteiger partial charge in [0.15, 0.2) is 0 Å². The fraction of sp³-hybridized carbons (Fsp3) is 0.133. The molecular formula is C30H27N. The molecule has 0 aliphatic heterocycles. The summed E-state index contributed by atoms with van der Waals surface area (Å²) in [5.74, 6) is 0. The molecule has 0 heterocycles. The molecule has 0 unspecified atom stereocenters. The van der Waals surface area contributed by atoms with Crippen LogP contribution >= 0.6 is 0 Å². The summed E-state index contributed by atoms with van der Waals surface area (Å²) < 4.78 is 0. The van der Waals surface area contributed by atoms with E-state index in [0.717, 1.165) is 11.4 Å². The van der Waals surface area contributed by atoms with Crippen molar-refractivity contribution in [3.8, 4) is 11.1 Å². The third kappa shape index (κ3) is 3.27. The van der Waals surface area contributed by atoms with Crippen molar-refractivity contribution >= 4 is 23.1 Å². The number of rotatable bonds is 4. The lowest BCUT2D eigenvalue weighted by molar-refractivity contribution is 0.660. The Kier molecular flexibility index (Phi) is 4.75. The van der Waals surface area contributed by atoms with Crippen LogP contribution in [0.5, 0.6) is 0 Å². The van der Waals surface area contributed by atoms with E-state index >= 15 is 0 Å². The van der Waals surface area contributed by atoms with Crippen molar-refractivity contribution in [2.75, 3.05) is 4.90 Å². The van der Waals surface area contributed by atoms with Crippen LogP contribution in [0.15, 0.2) is 103 Å². The zero-order valence-corrected chi connectivity index (χ0v) is 18.3. The molecule has 4 aromatic carbocycles. The van der Waals surface area contributed by atoms with Gasteiger partial charge in [-0.15, -0.1) is 0 Å². The summed E-state index contributed by atoms with van der Waals surface area (Å²) in [6, 6.07) is 35.0. The highest BCUT2D eigenvalue weighted by atomic mass is 15.1. The van der Waals surface area contributed by atoms with Crippen LogP contribution in [-0.2, 0) is 5.41 Å². The van der Waals surface area contributed by atoms with Gasteiger partial charge in [0, 0.05) is 22.5 Å². The Morgan fingerprint density at radius 2 is 1.16 bits per heavy atom. The van der Waals surface area contributed by atoms with Crippen LogP contribution < -0.4 is 4.90 Å². The van der Waals surface area contributed by atoms with E-state index in [1.807, 2.05) is 0 Å². The number of hydrogen-bond donors (Lipinski definition) is 0. The minimum absolute atomic E-state index is 0.0443. The first-order chi connectivity index (χ1) is 15.1. The maximum atomic E-state index is 2.38. The van der Waals surface area contributed by atoms with Gasteiger partial charge in [0.25, 0.3) is 0 Å². The molecule has 4 aromatic rings. The van der Waals surface area contributed by atoms with E-state index in [0.29, 0.717) is 0 Å². The van der Waals surface area contributed by atoms with Gasteiger partial charge >= 0.3 is 0 Å². The Hall–Kier alpha value is -3.58. The van der Waals surface area contributed by atoms with Crippen molar-refractivity contribution in [1.82, 2.24) is 0 Å². The van der Waals surface area contributed by atoms with Crippen LogP contribution in [0.1, 0.15) is 37.5 Å². The van der Waals surface area contributed by atoms with E-state index in [2.05, 4.69) is 135 Å². The number of para-hydroxylation sites is 2. The Morgan fingerprint density at radius 3 is 1.74 bits per heavy atom. The standard InChI is InChI=1S/C30H27N/c1-4-11-22-16-18-26-27-19-17-25(21-29(27)30(2,3)28(26)20-22)31(23-12-7-5-8-13-23)24-14-9-6-10-15-24/h4-21H,1-3H3. The summed E-state index contributed by atoms with van der Waals surface area (Å²) in [5, 5.41) is 0. The van der Waals surface area contributed by atoms with Crippen molar-refractivity contribution in [2.24, 2.45) is 0 Å². The van der Waals surface area contributed by atoms with Crippen LogP contribution in [0.2, 0.25) is 0 Å². The van der Waals surface area contributed by atoms with Gasteiger partial charge in [0.2, 0.25) is 0 Å². The number of hydrogen-bond acceptors (Lipinski definition) is 1. The molecular weight excluding hydrogens is 374 g/mol. The van der Waals surface area contributed by atoms with Gasteiger partial charge in [-0.25, -0.2) is 0 Å². The molecule has 0 saturated heterocycles. The zero-order valence-electron chi connectivity index (χ0n) is 18.3. The summed E-state index contributed by atoms with van der Waals surface area (Å²) in [5.41, 5.74) is 10.2. The molecule has 0 fully saturated rings. The maximum absolute atomic E-state index is 2.38. The predicted molar refractivity (Wildman–Crippen MR) is 133 cm³/mol. The smallest absolute Gasteiger partial charge is 0.0465 e. The number of allylic oxidation sites excluding steroid dienone is 1. The van der Waals surface area contributed by atoms with Crippen molar-refractivity contribution in [2.45, 2.75) is 26.2 Å². The lowest BCUT2D eigenvalue weighted by Gasteiger charge is -2.28. The lowest BCUT2D eigenvalue weighted by Crippen LogP contribution is -2.16. The molecule has 0 aromatic heterocycles. The monoisotopic (exact) mass is 401 g/mol. The van der Waals surface area contributed by atoms with E-state index in [1.165, 1.54) is 33.5 Å². The third-order valence-electron chi connectivity index (χ3n) is 6.33. The van der Waals surface area contributed by atoms with Gasteiger partial charge in [-0.05, 0) is 71.1 Å². The van der Waals surface area contributed by atoms with Crippen LogP contribution in [-0.4, -0.2) is 0 Å². The molecule has 1 aliphatic rings. The summed E-state index contributed by atoms with van der Waals surface area (Å²) in [6.45, 7) is 6.76. The largest absolute Gasteiger partial charge is 0.310 e. The SMILES string of the molecule is CC=Cc1ccc2c(c1)C(C)(C)c1cc(N(c3ccccc3)c3ccccc3)ccc1-2. The number of fused-ring (bicyclic) bond motifs is 3. The van der Waals surface area contributed by atoms with Crippen molar-refractivity contribution in [3.63, 3.8) is 0 Å². The number of nitrogens with zero attached hydrogens (tertiary/aromatic N) is 1. The summed E-state index contributed by atoms with van der Waals surface area (Å²) in [4.78, 5) is 2.34. The van der Waals surface area contributed by atoms with Gasteiger partial charge in [-0.3, -0.25) is 0 Å². The topological polar surface area (TPSA) is 3.24 Å². The van der Waals surface area contributed by atoms with Gasteiger partial charge < -0.3 is 4.90 Å². The molecule has 1 nitrogen and oxygen atoms in total. The molecule has 0 atom stereocenters. The van der Waals surface area contributed by atoms with E-state index in [9.17, 15) is 0 Å². The normalized spacial score (nSPS) is 13.8.